The lowest BCUT2D eigenvalue weighted by Crippen LogP contribution is -2.40. The highest BCUT2D eigenvalue weighted by molar-refractivity contribution is 4.73. The molecule has 4 heteroatoms. The lowest BCUT2D eigenvalue weighted by molar-refractivity contribution is 0.0720. The lowest BCUT2D eigenvalue weighted by Gasteiger charge is -2.31. The molecule has 1 saturated heterocycles. The van der Waals surface area contributed by atoms with Gasteiger partial charge in [-0.1, -0.05) is 0 Å². The van der Waals surface area contributed by atoms with Crippen LogP contribution in [0.3, 0.4) is 0 Å². The second kappa shape index (κ2) is 8.93. The first-order valence-electron chi connectivity index (χ1n) is 6.36. The summed E-state index contributed by atoms with van der Waals surface area (Å²) in [5.74, 6) is 0.697. The fraction of sp³-hybridized carbons (Fsp3) is 1.00. The van der Waals surface area contributed by atoms with E-state index >= 15 is 0 Å². The van der Waals surface area contributed by atoms with Crippen LogP contribution in [0, 0.1) is 5.92 Å². The molecule has 0 radical (unpaired) electrons. The summed E-state index contributed by atoms with van der Waals surface area (Å²) < 4.78 is 10.5. The van der Waals surface area contributed by atoms with Gasteiger partial charge in [0.1, 0.15) is 0 Å². The number of methoxy groups -OCH3 is 1. The minimum absolute atomic E-state index is 0.697. The van der Waals surface area contributed by atoms with E-state index in [9.17, 15) is 0 Å². The van der Waals surface area contributed by atoms with Crippen molar-refractivity contribution in [3.05, 3.63) is 0 Å². The van der Waals surface area contributed by atoms with E-state index in [1.165, 1.54) is 19.4 Å². The van der Waals surface area contributed by atoms with Gasteiger partial charge in [-0.2, -0.15) is 0 Å². The molecule has 0 spiro atoms. The zero-order chi connectivity index (χ0) is 11.6. The Morgan fingerprint density at radius 1 is 1.31 bits per heavy atom. The number of ether oxygens (including phenoxy) is 2. The number of likely N-dealkylation sites (tertiary alicyclic amines) is 1. The largest absolute Gasteiger partial charge is 0.385 e. The van der Waals surface area contributed by atoms with E-state index in [1.807, 2.05) is 0 Å². The zero-order valence-electron chi connectivity index (χ0n) is 10.5. The van der Waals surface area contributed by atoms with Crippen LogP contribution < -0.4 is 5.73 Å². The van der Waals surface area contributed by atoms with Crippen molar-refractivity contribution >= 4 is 0 Å². The molecule has 1 unspecified atom stereocenters. The summed E-state index contributed by atoms with van der Waals surface area (Å²) in [7, 11) is 1.72. The first-order chi connectivity index (χ1) is 7.86. The fourth-order valence-corrected chi connectivity index (χ4v) is 2.15. The van der Waals surface area contributed by atoms with Crippen molar-refractivity contribution < 1.29 is 9.47 Å². The van der Waals surface area contributed by atoms with E-state index in [4.69, 9.17) is 15.2 Å². The van der Waals surface area contributed by atoms with Gasteiger partial charge in [0.05, 0.1) is 6.61 Å². The molecule has 96 valence electrons. The standard InChI is InChI=1S/C12H26N2O2/c1-15-7-3-8-16-9-6-14-5-2-4-12(10-13)11-14/h12H,2-11,13H2,1H3. The Morgan fingerprint density at radius 2 is 2.19 bits per heavy atom. The van der Waals surface area contributed by atoms with Crippen molar-refractivity contribution in [2.75, 3.05) is 53.1 Å². The smallest absolute Gasteiger partial charge is 0.0593 e. The third kappa shape index (κ3) is 5.80. The molecule has 0 aromatic carbocycles. The van der Waals surface area contributed by atoms with E-state index in [0.717, 1.165) is 45.9 Å². The number of nitrogens with zero attached hydrogens (tertiary/aromatic N) is 1. The van der Waals surface area contributed by atoms with Crippen molar-refractivity contribution in [1.29, 1.82) is 0 Å². The summed E-state index contributed by atoms with van der Waals surface area (Å²) in [5.41, 5.74) is 5.70. The van der Waals surface area contributed by atoms with Gasteiger partial charge in [0.25, 0.3) is 0 Å². The number of hydrogen-bond donors (Lipinski definition) is 1. The van der Waals surface area contributed by atoms with Gasteiger partial charge in [0.15, 0.2) is 0 Å². The van der Waals surface area contributed by atoms with Crippen LogP contribution in [-0.4, -0.2) is 58.0 Å². The van der Waals surface area contributed by atoms with Gasteiger partial charge in [-0.05, 0) is 38.3 Å². The van der Waals surface area contributed by atoms with Crippen LogP contribution in [0.15, 0.2) is 0 Å². The molecule has 1 rings (SSSR count). The molecule has 4 nitrogen and oxygen atoms in total. The van der Waals surface area contributed by atoms with Gasteiger partial charge < -0.3 is 20.1 Å². The molecule has 1 aliphatic rings. The predicted molar refractivity (Wildman–Crippen MR) is 65.5 cm³/mol. The number of hydrogen-bond acceptors (Lipinski definition) is 4. The molecule has 16 heavy (non-hydrogen) atoms. The lowest BCUT2D eigenvalue weighted by atomic mass is 9.98. The average molecular weight is 230 g/mol. The normalized spacial score (nSPS) is 22.5. The van der Waals surface area contributed by atoms with Gasteiger partial charge in [-0.3, -0.25) is 0 Å². The molecule has 0 aromatic heterocycles. The van der Waals surface area contributed by atoms with Gasteiger partial charge in [-0.25, -0.2) is 0 Å². The highest BCUT2D eigenvalue weighted by atomic mass is 16.5. The first-order valence-corrected chi connectivity index (χ1v) is 6.36. The molecule has 1 fully saturated rings. The quantitative estimate of drug-likeness (QED) is 0.624. The van der Waals surface area contributed by atoms with E-state index in [1.54, 1.807) is 7.11 Å². The summed E-state index contributed by atoms with van der Waals surface area (Å²) in [5, 5.41) is 0. The van der Waals surface area contributed by atoms with E-state index in [-0.39, 0.29) is 0 Å². The second-order valence-electron chi connectivity index (χ2n) is 4.50. The van der Waals surface area contributed by atoms with Crippen LogP contribution in [0.4, 0.5) is 0 Å². The Labute approximate surface area is 99.1 Å². The maximum absolute atomic E-state index is 5.70. The monoisotopic (exact) mass is 230 g/mol. The molecule has 0 amide bonds. The number of piperidine rings is 1. The highest BCUT2D eigenvalue weighted by Gasteiger charge is 2.17. The third-order valence-corrected chi connectivity index (χ3v) is 3.13. The van der Waals surface area contributed by atoms with Crippen molar-refractivity contribution in [2.45, 2.75) is 19.3 Å². The summed E-state index contributed by atoms with van der Waals surface area (Å²) in [4.78, 5) is 2.47. The molecule has 1 heterocycles. The SMILES string of the molecule is COCCCOCCN1CCCC(CN)C1. The molecule has 1 atom stereocenters. The van der Waals surface area contributed by atoms with Crippen molar-refractivity contribution in [3.63, 3.8) is 0 Å². The van der Waals surface area contributed by atoms with Crippen molar-refractivity contribution in [1.82, 2.24) is 4.90 Å². The molecule has 2 N–H and O–H groups in total. The summed E-state index contributed by atoms with van der Waals surface area (Å²) in [6.07, 6.45) is 3.56. The van der Waals surface area contributed by atoms with Crippen LogP contribution in [0.5, 0.6) is 0 Å². The first kappa shape index (κ1) is 13.9. The van der Waals surface area contributed by atoms with E-state index in [2.05, 4.69) is 4.90 Å². The Kier molecular flexibility index (Phi) is 7.76. The van der Waals surface area contributed by atoms with Gasteiger partial charge in [-0.15, -0.1) is 0 Å². The predicted octanol–water partition coefficient (Wildman–Crippen LogP) is 0.710. The Balaban J connectivity index is 1.95. The van der Waals surface area contributed by atoms with Crippen molar-refractivity contribution in [2.24, 2.45) is 11.7 Å². The molecule has 1 aliphatic heterocycles. The number of nitrogens with two attached hydrogens (primary N) is 1. The summed E-state index contributed by atoms with van der Waals surface area (Å²) in [6, 6.07) is 0. The van der Waals surface area contributed by atoms with E-state index in [0.29, 0.717) is 5.92 Å². The van der Waals surface area contributed by atoms with Gasteiger partial charge in [0, 0.05) is 33.4 Å². The van der Waals surface area contributed by atoms with Crippen LogP contribution in [-0.2, 0) is 9.47 Å². The molecule has 0 aliphatic carbocycles. The van der Waals surface area contributed by atoms with Crippen LogP contribution in [0.1, 0.15) is 19.3 Å². The van der Waals surface area contributed by atoms with Crippen LogP contribution in [0.2, 0.25) is 0 Å². The molecule has 0 saturated carbocycles. The highest BCUT2D eigenvalue weighted by Crippen LogP contribution is 2.14. The fourth-order valence-electron chi connectivity index (χ4n) is 2.15. The maximum Gasteiger partial charge on any atom is 0.0593 e. The van der Waals surface area contributed by atoms with Crippen LogP contribution >= 0.6 is 0 Å². The molecular formula is C12H26N2O2. The van der Waals surface area contributed by atoms with E-state index < -0.39 is 0 Å². The molecule has 0 aromatic rings. The average Bonchev–Trinajstić information content (AvgIpc) is 2.34. The summed E-state index contributed by atoms with van der Waals surface area (Å²) in [6.45, 7) is 6.66. The third-order valence-electron chi connectivity index (χ3n) is 3.13. The van der Waals surface area contributed by atoms with Crippen LogP contribution in [0.25, 0.3) is 0 Å². The van der Waals surface area contributed by atoms with Gasteiger partial charge in [0.2, 0.25) is 0 Å². The Morgan fingerprint density at radius 3 is 2.94 bits per heavy atom. The topological polar surface area (TPSA) is 47.7 Å². The summed E-state index contributed by atoms with van der Waals surface area (Å²) >= 11 is 0. The second-order valence-corrected chi connectivity index (χ2v) is 4.50. The zero-order valence-corrected chi connectivity index (χ0v) is 10.5. The molecular weight excluding hydrogens is 204 g/mol. The minimum atomic E-state index is 0.697. The Bertz CT molecular complexity index is 167. The Hall–Kier alpha value is -0.160. The molecule has 0 bridgehead atoms. The van der Waals surface area contributed by atoms with Crippen molar-refractivity contribution in [3.8, 4) is 0 Å². The maximum atomic E-state index is 5.70. The number of rotatable bonds is 8. The minimum Gasteiger partial charge on any atom is -0.385 e. The van der Waals surface area contributed by atoms with Gasteiger partial charge >= 0.3 is 0 Å².